The van der Waals surface area contributed by atoms with Crippen LogP contribution in [0.1, 0.15) is 25.0 Å². The van der Waals surface area contributed by atoms with Gasteiger partial charge < -0.3 is 0 Å². The van der Waals surface area contributed by atoms with Crippen LogP contribution in [0.15, 0.2) is 140 Å². The van der Waals surface area contributed by atoms with Gasteiger partial charge in [0.15, 0.2) is 0 Å². The summed E-state index contributed by atoms with van der Waals surface area (Å²) in [6.45, 7) is 4.67. The third kappa shape index (κ3) is 3.56. The summed E-state index contributed by atoms with van der Waals surface area (Å²) in [4.78, 5) is 9.94. The minimum Gasteiger partial charge on any atom is -0.277 e. The van der Waals surface area contributed by atoms with Gasteiger partial charge in [-0.25, -0.2) is 9.97 Å². The number of hydrogen-bond donors (Lipinski definition) is 0. The van der Waals surface area contributed by atoms with Crippen LogP contribution in [0.4, 0.5) is 0 Å². The molecule has 0 unspecified atom stereocenters. The molecule has 3 heteroatoms. The molecule has 208 valence electrons. The van der Waals surface area contributed by atoms with Crippen LogP contribution in [0, 0.1) is 0 Å². The Morgan fingerprint density at radius 2 is 1.11 bits per heavy atom. The van der Waals surface area contributed by atoms with Gasteiger partial charge in [-0.15, -0.1) is 0 Å². The van der Waals surface area contributed by atoms with Gasteiger partial charge >= 0.3 is 0 Å². The topological polar surface area (TPSA) is 30.7 Å². The van der Waals surface area contributed by atoms with Crippen molar-refractivity contribution in [2.24, 2.45) is 0 Å². The van der Waals surface area contributed by atoms with Crippen LogP contribution in [0.5, 0.6) is 0 Å². The fourth-order valence-electron chi connectivity index (χ4n) is 7.25. The monoisotopic (exact) mass is 563 g/mol. The molecule has 0 amide bonds. The van der Waals surface area contributed by atoms with E-state index in [0.29, 0.717) is 5.95 Å². The summed E-state index contributed by atoms with van der Waals surface area (Å²) in [6.07, 6.45) is 3.94. The zero-order valence-corrected chi connectivity index (χ0v) is 24.6. The molecule has 0 bridgehead atoms. The van der Waals surface area contributed by atoms with Crippen LogP contribution in [-0.4, -0.2) is 14.5 Å². The highest BCUT2D eigenvalue weighted by atomic mass is 15.1. The van der Waals surface area contributed by atoms with Gasteiger partial charge in [0, 0.05) is 39.5 Å². The van der Waals surface area contributed by atoms with Gasteiger partial charge in [-0.05, 0) is 62.5 Å². The van der Waals surface area contributed by atoms with Crippen molar-refractivity contribution in [1.29, 1.82) is 0 Å². The zero-order chi connectivity index (χ0) is 29.4. The van der Waals surface area contributed by atoms with Gasteiger partial charge in [0.2, 0.25) is 5.95 Å². The van der Waals surface area contributed by atoms with Gasteiger partial charge in [-0.2, -0.15) is 0 Å². The minimum absolute atomic E-state index is 0.115. The Labute approximate surface area is 256 Å². The van der Waals surface area contributed by atoms with Crippen LogP contribution in [0.2, 0.25) is 0 Å². The summed E-state index contributed by atoms with van der Waals surface area (Å²) in [5, 5.41) is 4.82. The van der Waals surface area contributed by atoms with E-state index in [4.69, 9.17) is 9.97 Å². The number of rotatable bonds is 3. The lowest BCUT2D eigenvalue weighted by molar-refractivity contribution is 0.661. The first-order valence-corrected chi connectivity index (χ1v) is 15.2. The number of aromatic nitrogens is 3. The van der Waals surface area contributed by atoms with Crippen molar-refractivity contribution in [2.75, 3.05) is 0 Å². The first-order valence-electron chi connectivity index (χ1n) is 15.2. The lowest BCUT2D eigenvalue weighted by atomic mass is 9.81. The van der Waals surface area contributed by atoms with E-state index in [1.807, 2.05) is 12.4 Å². The normalized spacial score (nSPS) is 13.4. The molecule has 0 radical (unpaired) electrons. The molecule has 0 atom stereocenters. The molecule has 2 aromatic heterocycles. The number of para-hydroxylation sites is 1. The van der Waals surface area contributed by atoms with Gasteiger partial charge in [0.25, 0.3) is 0 Å². The summed E-state index contributed by atoms with van der Waals surface area (Å²) in [7, 11) is 0. The molecule has 0 saturated carbocycles. The summed E-state index contributed by atoms with van der Waals surface area (Å²) in [5.74, 6) is 0.679. The van der Waals surface area contributed by atoms with E-state index in [2.05, 4.69) is 146 Å². The number of benzene rings is 6. The van der Waals surface area contributed by atoms with Crippen molar-refractivity contribution in [3.63, 3.8) is 0 Å². The fourth-order valence-corrected chi connectivity index (χ4v) is 7.25. The molecule has 0 fully saturated rings. The first kappa shape index (κ1) is 25.0. The van der Waals surface area contributed by atoms with E-state index in [-0.39, 0.29) is 5.41 Å². The fraction of sp³-hybridized carbons (Fsp3) is 0.0732. The molecule has 0 aliphatic heterocycles. The Hall–Kier alpha value is -5.54. The average Bonchev–Trinajstić information content (AvgIpc) is 3.54. The second-order valence-corrected chi connectivity index (χ2v) is 12.3. The van der Waals surface area contributed by atoms with Crippen molar-refractivity contribution in [3.05, 3.63) is 151 Å². The van der Waals surface area contributed by atoms with Gasteiger partial charge in [0.1, 0.15) is 0 Å². The van der Waals surface area contributed by atoms with Crippen molar-refractivity contribution in [1.82, 2.24) is 14.5 Å². The summed E-state index contributed by atoms with van der Waals surface area (Å²) in [5.41, 5.74) is 12.1. The summed E-state index contributed by atoms with van der Waals surface area (Å²) in [6, 6.07) is 45.9. The van der Waals surface area contributed by atoms with Crippen molar-refractivity contribution in [2.45, 2.75) is 19.3 Å². The minimum atomic E-state index is -0.115. The van der Waals surface area contributed by atoms with E-state index in [1.165, 1.54) is 54.9 Å². The van der Waals surface area contributed by atoms with E-state index in [1.54, 1.807) is 0 Å². The number of hydrogen-bond acceptors (Lipinski definition) is 2. The average molecular weight is 564 g/mol. The van der Waals surface area contributed by atoms with E-state index < -0.39 is 0 Å². The van der Waals surface area contributed by atoms with Crippen molar-refractivity contribution in [3.8, 4) is 39.3 Å². The Morgan fingerprint density at radius 1 is 0.500 bits per heavy atom. The maximum Gasteiger partial charge on any atom is 0.234 e. The number of nitrogens with zero attached hydrogens (tertiary/aromatic N) is 3. The molecule has 2 heterocycles. The van der Waals surface area contributed by atoms with Crippen LogP contribution < -0.4 is 0 Å². The Kier molecular flexibility index (Phi) is 5.24. The van der Waals surface area contributed by atoms with E-state index in [9.17, 15) is 0 Å². The van der Waals surface area contributed by atoms with Crippen LogP contribution >= 0.6 is 0 Å². The SMILES string of the molecule is CC1(C)c2cc(-c3ccccc3)ccc2-c2ccc(-c3cnc(-n4c5ccccc5c5ccc6ccccc6c54)nc3)cc21. The van der Waals surface area contributed by atoms with Crippen molar-refractivity contribution >= 4 is 32.6 Å². The Balaban J connectivity index is 1.14. The second kappa shape index (κ2) is 9.23. The smallest absolute Gasteiger partial charge is 0.234 e. The Morgan fingerprint density at radius 3 is 1.84 bits per heavy atom. The summed E-state index contributed by atoms with van der Waals surface area (Å²) >= 11 is 0. The molecule has 0 saturated heterocycles. The second-order valence-electron chi connectivity index (χ2n) is 12.3. The molecule has 0 spiro atoms. The largest absolute Gasteiger partial charge is 0.277 e. The molecule has 0 N–H and O–H groups in total. The maximum atomic E-state index is 4.97. The van der Waals surface area contributed by atoms with Gasteiger partial charge in [-0.1, -0.05) is 123 Å². The third-order valence-electron chi connectivity index (χ3n) is 9.51. The lowest BCUT2D eigenvalue weighted by Gasteiger charge is -2.22. The zero-order valence-electron chi connectivity index (χ0n) is 24.6. The van der Waals surface area contributed by atoms with E-state index >= 15 is 0 Å². The lowest BCUT2D eigenvalue weighted by Crippen LogP contribution is -2.15. The summed E-state index contributed by atoms with van der Waals surface area (Å²) < 4.78 is 2.21. The molecule has 44 heavy (non-hydrogen) atoms. The molecule has 3 nitrogen and oxygen atoms in total. The molecular formula is C41H29N3. The van der Waals surface area contributed by atoms with Gasteiger partial charge in [-0.3, -0.25) is 4.57 Å². The molecule has 1 aliphatic rings. The predicted molar refractivity (Wildman–Crippen MR) is 182 cm³/mol. The third-order valence-corrected chi connectivity index (χ3v) is 9.51. The maximum absolute atomic E-state index is 4.97. The first-order chi connectivity index (χ1) is 21.6. The predicted octanol–water partition coefficient (Wildman–Crippen LogP) is 10.4. The highest BCUT2D eigenvalue weighted by Gasteiger charge is 2.36. The number of fused-ring (bicyclic) bond motifs is 8. The standard InChI is InChI=1S/C41H29N3/c1-41(2)36-22-28(26-10-4-3-5-11-26)17-19-32(36)33-20-18-29(23-37(33)41)30-24-42-40(43-25-30)44-38-15-9-8-14-34(38)35-21-16-27-12-6-7-13-31(27)39(35)44/h3-25H,1-2H3. The van der Waals surface area contributed by atoms with Gasteiger partial charge in [0.05, 0.1) is 11.0 Å². The van der Waals surface area contributed by atoms with Crippen LogP contribution in [-0.2, 0) is 5.41 Å². The molecule has 1 aliphatic carbocycles. The van der Waals surface area contributed by atoms with E-state index in [0.717, 1.165) is 22.2 Å². The molecule has 9 rings (SSSR count). The Bertz CT molecular complexity index is 2400. The molecule has 8 aromatic rings. The van der Waals surface area contributed by atoms with Crippen molar-refractivity contribution < 1.29 is 0 Å². The molecule has 6 aromatic carbocycles. The van der Waals surface area contributed by atoms with Crippen LogP contribution in [0.3, 0.4) is 0 Å². The highest BCUT2D eigenvalue weighted by molar-refractivity contribution is 6.18. The molecular weight excluding hydrogens is 534 g/mol. The van der Waals surface area contributed by atoms with Crippen LogP contribution in [0.25, 0.3) is 71.9 Å². The highest BCUT2D eigenvalue weighted by Crippen LogP contribution is 2.50. The quantitative estimate of drug-likeness (QED) is 0.214.